The first kappa shape index (κ1) is 23.9. The normalized spacial score (nSPS) is 14.0. The van der Waals surface area contributed by atoms with Crippen molar-refractivity contribution in [3.05, 3.63) is 77.7 Å². The van der Waals surface area contributed by atoms with Gasteiger partial charge in [0.05, 0.1) is 5.69 Å². The Balaban J connectivity index is 1.55. The lowest BCUT2D eigenvalue weighted by atomic mass is 10.2. The van der Waals surface area contributed by atoms with E-state index in [-0.39, 0.29) is 17.5 Å². The Morgan fingerprint density at radius 2 is 1.71 bits per heavy atom. The predicted octanol–water partition coefficient (Wildman–Crippen LogP) is 5.11. The minimum Gasteiger partial charge on any atom is -0.399 e. The van der Waals surface area contributed by atoms with Crippen molar-refractivity contribution in [1.82, 2.24) is 9.88 Å². The molecule has 0 bridgehead atoms. The summed E-state index contributed by atoms with van der Waals surface area (Å²) in [5.41, 5.74) is 0.0922. The number of nitrogens with one attached hydrogen (secondary N) is 1. The van der Waals surface area contributed by atoms with Gasteiger partial charge in [-0.05, 0) is 29.8 Å². The van der Waals surface area contributed by atoms with E-state index in [9.17, 15) is 35.9 Å². The van der Waals surface area contributed by atoms with Crippen LogP contribution in [0.2, 0.25) is 0 Å². The zero-order valence-corrected chi connectivity index (χ0v) is 17.4. The molecule has 1 fully saturated rings. The number of ether oxygens (including phenoxy) is 1. The molecule has 4 rings (SSSR count). The molecule has 2 heterocycles. The Labute approximate surface area is 193 Å². The number of rotatable bonds is 6. The van der Waals surface area contributed by atoms with Crippen LogP contribution in [0.25, 0.3) is 0 Å². The Morgan fingerprint density at radius 1 is 1.00 bits per heavy atom. The number of hydrogen-bond donors (Lipinski definition) is 1. The lowest BCUT2D eigenvalue weighted by molar-refractivity contribution is -0.276. The van der Waals surface area contributed by atoms with Gasteiger partial charge in [-0.2, -0.15) is 4.39 Å². The van der Waals surface area contributed by atoms with E-state index in [0.717, 1.165) is 10.6 Å². The summed E-state index contributed by atoms with van der Waals surface area (Å²) in [6.07, 6.45) is -4.05. The largest absolute Gasteiger partial charge is 0.573 e. The number of imide groups is 1. The molecule has 1 N–H and O–H groups in total. The molecule has 1 aliphatic heterocycles. The number of carbonyl (C=O) groups is 2. The third-order valence-electron chi connectivity index (χ3n) is 4.84. The second kappa shape index (κ2) is 9.16. The van der Waals surface area contributed by atoms with E-state index < -0.39 is 53.7 Å². The minimum absolute atomic E-state index is 0.0904. The number of halogens is 6. The van der Waals surface area contributed by atoms with Crippen molar-refractivity contribution >= 4 is 29.1 Å². The topological polar surface area (TPSA) is 74.8 Å². The van der Waals surface area contributed by atoms with Gasteiger partial charge in [0.25, 0.3) is 5.91 Å². The Bertz CT molecular complexity index is 1290. The molecule has 2 aromatic carbocycles. The molecule has 0 unspecified atom stereocenters. The molecule has 182 valence electrons. The van der Waals surface area contributed by atoms with Crippen LogP contribution in [0.3, 0.4) is 0 Å². The van der Waals surface area contributed by atoms with Gasteiger partial charge in [0, 0.05) is 24.5 Å². The molecule has 7 nitrogen and oxygen atoms in total. The van der Waals surface area contributed by atoms with E-state index in [1.165, 1.54) is 6.20 Å². The van der Waals surface area contributed by atoms with E-state index in [1.807, 2.05) is 18.2 Å². The summed E-state index contributed by atoms with van der Waals surface area (Å²) >= 11 is 0. The van der Waals surface area contributed by atoms with Crippen LogP contribution in [0, 0.1) is 17.5 Å². The molecular weight excluding hydrogens is 482 g/mol. The van der Waals surface area contributed by atoms with Crippen molar-refractivity contribution in [2.75, 3.05) is 16.8 Å². The molecule has 0 spiro atoms. The molecule has 0 saturated carbocycles. The van der Waals surface area contributed by atoms with Crippen molar-refractivity contribution in [3.8, 4) is 5.75 Å². The van der Waals surface area contributed by atoms with Gasteiger partial charge in [-0.1, -0.05) is 18.2 Å². The van der Waals surface area contributed by atoms with Crippen LogP contribution < -0.4 is 15.0 Å². The summed E-state index contributed by atoms with van der Waals surface area (Å²) in [5.74, 6) is -8.96. The number of benzene rings is 2. The highest BCUT2D eigenvalue weighted by Gasteiger charge is 2.41. The van der Waals surface area contributed by atoms with Crippen LogP contribution in [0.15, 0.2) is 54.7 Å². The van der Waals surface area contributed by atoms with E-state index in [4.69, 9.17) is 0 Å². The zero-order valence-electron chi connectivity index (χ0n) is 17.4. The van der Waals surface area contributed by atoms with E-state index in [1.54, 1.807) is 24.3 Å². The highest BCUT2D eigenvalue weighted by molar-refractivity contribution is 6.19. The van der Waals surface area contributed by atoms with Gasteiger partial charge < -0.3 is 15.0 Å². The zero-order chi connectivity index (χ0) is 25.3. The highest BCUT2D eigenvalue weighted by atomic mass is 19.4. The van der Waals surface area contributed by atoms with E-state index >= 15 is 0 Å². The summed E-state index contributed by atoms with van der Waals surface area (Å²) in [6, 6.07) is 11.2. The van der Waals surface area contributed by atoms with Gasteiger partial charge in [-0.25, -0.2) is 23.5 Å². The average Bonchev–Trinajstić information content (AvgIpc) is 3.07. The summed E-state index contributed by atoms with van der Waals surface area (Å²) in [7, 11) is 0. The summed E-state index contributed by atoms with van der Waals surface area (Å²) in [6.45, 7) is -0.707. The van der Waals surface area contributed by atoms with Crippen LogP contribution in [0.5, 0.6) is 5.75 Å². The fourth-order valence-electron chi connectivity index (χ4n) is 3.38. The summed E-state index contributed by atoms with van der Waals surface area (Å²) in [4.78, 5) is 30.4. The van der Waals surface area contributed by atoms with Crippen molar-refractivity contribution < 1.29 is 40.7 Å². The maximum absolute atomic E-state index is 14.5. The van der Waals surface area contributed by atoms with Crippen LogP contribution in [-0.2, 0) is 11.3 Å². The number of urea groups is 1. The van der Waals surface area contributed by atoms with Gasteiger partial charge in [0.2, 0.25) is 11.6 Å². The lowest BCUT2D eigenvalue weighted by Gasteiger charge is -2.19. The number of para-hydroxylation sites is 1. The fraction of sp³-hybridized carbons (Fsp3) is 0.136. The monoisotopic (exact) mass is 496 g/mol. The first-order chi connectivity index (χ1) is 16.5. The van der Waals surface area contributed by atoms with Crippen molar-refractivity contribution in [2.24, 2.45) is 0 Å². The second-order valence-electron chi connectivity index (χ2n) is 7.29. The molecule has 13 heteroatoms. The third-order valence-corrected chi connectivity index (χ3v) is 4.84. The molecule has 3 amide bonds. The van der Waals surface area contributed by atoms with Gasteiger partial charge in [-0.3, -0.25) is 4.79 Å². The fourth-order valence-corrected chi connectivity index (χ4v) is 3.38. The first-order valence-corrected chi connectivity index (χ1v) is 9.85. The molecule has 1 aromatic heterocycles. The van der Waals surface area contributed by atoms with Crippen LogP contribution >= 0.6 is 0 Å². The average molecular weight is 496 g/mol. The van der Waals surface area contributed by atoms with Crippen LogP contribution in [-0.4, -0.2) is 34.7 Å². The van der Waals surface area contributed by atoms with E-state index in [2.05, 4.69) is 15.0 Å². The second-order valence-corrected chi connectivity index (χ2v) is 7.29. The standard InChI is InChI=1S/C22H14F6N4O3/c23-14-9-15(18(24)19(25)20(14)35-22(26,27)28)32-17(33)11-31(21(32)34)10-12-6-7-29-16(8-12)30-13-4-2-1-3-5-13/h1-9H,10-11H2,(H,29,30). The molecule has 0 radical (unpaired) electrons. The van der Waals surface area contributed by atoms with Crippen LogP contribution in [0.4, 0.5) is 48.3 Å². The van der Waals surface area contributed by atoms with Gasteiger partial charge >= 0.3 is 12.4 Å². The smallest absolute Gasteiger partial charge is 0.399 e. The lowest BCUT2D eigenvalue weighted by Crippen LogP contribution is -2.34. The van der Waals surface area contributed by atoms with Gasteiger partial charge in [0.1, 0.15) is 12.4 Å². The predicted molar refractivity (Wildman–Crippen MR) is 110 cm³/mol. The Morgan fingerprint density at radius 3 is 2.40 bits per heavy atom. The number of carbonyl (C=O) groups excluding carboxylic acids is 2. The third kappa shape index (κ3) is 5.13. The van der Waals surface area contributed by atoms with E-state index in [0.29, 0.717) is 11.4 Å². The molecule has 1 saturated heterocycles. The van der Waals surface area contributed by atoms with Crippen LogP contribution in [0.1, 0.15) is 5.56 Å². The number of pyridine rings is 1. The van der Waals surface area contributed by atoms with Crippen molar-refractivity contribution in [1.29, 1.82) is 0 Å². The number of anilines is 3. The minimum atomic E-state index is -5.50. The number of alkyl halides is 3. The SMILES string of the molecule is O=C1CN(Cc2ccnc(Nc3ccccc3)c2)C(=O)N1c1cc(F)c(OC(F)(F)F)c(F)c1F. The number of nitrogens with zero attached hydrogens (tertiary/aromatic N) is 3. The molecule has 0 aliphatic carbocycles. The van der Waals surface area contributed by atoms with Crippen molar-refractivity contribution in [2.45, 2.75) is 12.9 Å². The quantitative estimate of drug-likeness (QED) is 0.292. The maximum atomic E-state index is 14.5. The van der Waals surface area contributed by atoms with Gasteiger partial charge in [-0.15, -0.1) is 13.2 Å². The summed E-state index contributed by atoms with van der Waals surface area (Å²) < 4.78 is 82.9. The number of aromatic nitrogens is 1. The molecule has 0 atom stereocenters. The summed E-state index contributed by atoms with van der Waals surface area (Å²) in [5, 5.41) is 3.05. The number of hydrogen-bond acceptors (Lipinski definition) is 5. The van der Waals surface area contributed by atoms with Crippen molar-refractivity contribution in [3.63, 3.8) is 0 Å². The first-order valence-electron chi connectivity index (χ1n) is 9.85. The van der Waals surface area contributed by atoms with Gasteiger partial charge in [0.15, 0.2) is 11.6 Å². The molecular formula is C22H14F6N4O3. The molecule has 1 aliphatic rings. The Kier molecular flexibility index (Phi) is 6.24. The number of amides is 3. The highest BCUT2D eigenvalue weighted by Crippen LogP contribution is 2.36. The molecule has 3 aromatic rings. The Hall–Kier alpha value is -4.29. The molecule has 35 heavy (non-hydrogen) atoms. The maximum Gasteiger partial charge on any atom is 0.573 e.